The Morgan fingerprint density at radius 1 is 1.00 bits per heavy atom. The van der Waals surface area contributed by atoms with Crippen molar-refractivity contribution in [1.29, 1.82) is 0 Å². The molecule has 0 spiro atoms. The van der Waals surface area contributed by atoms with Crippen molar-refractivity contribution in [3.05, 3.63) is 66.2 Å². The average Bonchev–Trinajstić information content (AvgIpc) is 2.65. The number of nitrogens with zero attached hydrogens (tertiary/aromatic N) is 1. The third kappa shape index (κ3) is 3.78. The molecule has 0 saturated carbocycles. The van der Waals surface area contributed by atoms with Crippen LogP contribution in [-0.4, -0.2) is 43.3 Å². The predicted octanol–water partition coefficient (Wildman–Crippen LogP) is 3.05. The molecular formula is C20H25NO3S. The van der Waals surface area contributed by atoms with Crippen molar-refractivity contribution in [2.75, 3.05) is 13.6 Å². The Morgan fingerprint density at radius 3 is 2.20 bits per heavy atom. The van der Waals surface area contributed by atoms with Crippen LogP contribution in [0.3, 0.4) is 0 Å². The van der Waals surface area contributed by atoms with Gasteiger partial charge >= 0.3 is 0 Å². The summed E-state index contributed by atoms with van der Waals surface area (Å²) in [5.41, 5.74) is 0.644. The van der Waals surface area contributed by atoms with E-state index in [0.717, 1.165) is 25.8 Å². The number of sulfone groups is 1. The molecular weight excluding hydrogens is 334 g/mol. The molecule has 1 N–H and O–H groups in total. The maximum absolute atomic E-state index is 13.4. The van der Waals surface area contributed by atoms with Crippen LogP contribution in [0.2, 0.25) is 0 Å². The van der Waals surface area contributed by atoms with Gasteiger partial charge in [0.1, 0.15) is 5.25 Å². The van der Waals surface area contributed by atoms with E-state index in [1.165, 1.54) is 0 Å². The lowest BCUT2D eigenvalue weighted by atomic mass is 9.94. The first-order valence-electron chi connectivity index (χ1n) is 8.74. The predicted molar refractivity (Wildman–Crippen MR) is 99.1 cm³/mol. The van der Waals surface area contributed by atoms with E-state index in [1.807, 2.05) is 25.2 Å². The van der Waals surface area contributed by atoms with Gasteiger partial charge in [0.2, 0.25) is 0 Å². The Hall–Kier alpha value is -1.69. The monoisotopic (exact) mass is 359 g/mol. The first-order chi connectivity index (χ1) is 12.0. The van der Waals surface area contributed by atoms with Crippen LogP contribution in [0.5, 0.6) is 0 Å². The second kappa shape index (κ2) is 7.68. The van der Waals surface area contributed by atoms with Crippen LogP contribution in [0.15, 0.2) is 65.6 Å². The quantitative estimate of drug-likeness (QED) is 0.891. The molecule has 3 atom stereocenters. The number of aliphatic hydroxyl groups is 1. The summed E-state index contributed by atoms with van der Waals surface area (Å²) in [5, 5.41) is 10.2. The minimum atomic E-state index is -3.67. The number of rotatable bonds is 5. The largest absolute Gasteiger partial charge is 0.387 e. The molecule has 5 heteroatoms. The lowest BCUT2D eigenvalue weighted by Gasteiger charge is -2.39. The van der Waals surface area contributed by atoms with Gasteiger partial charge in [0, 0.05) is 6.04 Å². The van der Waals surface area contributed by atoms with Gasteiger partial charge in [-0.05, 0) is 44.1 Å². The fourth-order valence-electron chi connectivity index (χ4n) is 3.71. The van der Waals surface area contributed by atoms with Gasteiger partial charge in [0.05, 0.1) is 11.0 Å². The maximum Gasteiger partial charge on any atom is 0.185 e. The highest BCUT2D eigenvalue weighted by Gasteiger charge is 2.43. The summed E-state index contributed by atoms with van der Waals surface area (Å²) in [4.78, 5) is 2.36. The summed E-state index contributed by atoms with van der Waals surface area (Å²) in [6.45, 7) is 0.854. The minimum Gasteiger partial charge on any atom is -0.387 e. The zero-order valence-corrected chi connectivity index (χ0v) is 15.3. The molecule has 2 aromatic rings. The number of hydrogen-bond donors (Lipinski definition) is 1. The highest BCUT2D eigenvalue weighted by atomic mass is 32.2. The van der Waals surface area contributed by atoms with Crippen molar-refractivity contribution < 1.29 is 13.5 Å². The fraction of sp³-hybridized carbons (Fsp3) is 0.400. The van der Waals surface area contributed by atoms with Crippen LogP contribution in [-0.2, 0) is 9.84 Å². The molecule has 1 unspecified atom stereocenters. The molecule has 0 radical (unpaired) electrons. The van der Waals surface area contributed by atoms with Crippen molar-refractivity contribution in [2.45, 2.75) is 41.6 Å². The summed E-state index contributed by atoms with van der Waals surface area (Å²) in [6.07, 6.45) is 1.76. The molecule has 1 aliphatic rings. The minimum absolute atomic E-state index is 0.200. The number of piperidine rings is 1. The summed E-state index contributed by atoms with van der Waals surface area (Å²) in [7, 11) is -1.72. The molecule has 2 aromatic carbocycles. The Balaban J connectivity index is 2.06. The lowest BCUT2D eigenvalue weighted by molar-refractivity contribution is 0.0983. The van der Waals surface area contributed by atoms with Gasteiger partial charge in [-0.25, -0.2) is 8.42 Å². The zero-order valence-electron chi connectivity index (χ0n) is 14.5. The van der Waals surface area contributed by atoms with Gasteiger partial charge in [-0.3, -0.25) is 0 Å². The van der Waals surface area contributed by atoms with Crippen molar-refractivity contribution >= 4 is 9.84 Å². The van der Waals surface area contributed by atoms with Crippen molar-refractivity contribution in [2.24, 2.45) is 0 Å². The number of benzene rings is 2. The number of aliphatic hydroxyl groups excluding tert-OH is 1. The Morgan fingerprint density at radius 2 is 1.60 bits per heavy atom. The van der Waals surface area contributed by atoms with Crippen LogP contribution >= 0.6 is 0 Å². The molecule has 0 bridgehead atoms. The molecule has 0 aliphatic carbocycles. The SMILES string of the molecule is CN1CCCCC1[C@@H]([C@@H](O)c1ccccc1)S(=O)(=O)c1ccccc1. The Labute approximate surface area is 150 Å². The van der Waals surface area contributed by atoms with Gasteiger partial charge < -0.3 is 10.0 Å². The van der Waals surface area contributed by atoms with Crippen molar-refractivity contribution in [1.82, 2.24) is 4.90 Å². The summed E-state index contributed by atoms with van der Waals surface area (Å²) < 4.78 is 26.8. The van der Waals surface area contributed by atoms with Crippen LogP contribution in [0.25, 0.3) is 0 Å². The van der Waals surface area contributed by atoms with Gasteiger partial charge in [-0.1, -0.05) is 55.0 Å². The second-order valence-corrected chi connectivity index (χ2v) is 8.83. The van der Waals surface area contributed by atoms with Gasteiger partial charge in [-0.2, -0.15) is 0 Å². The molecule has 1 aliphatic heterocycles. The molecule has 0 amide bonds. The molecule has 25 heavy (non-hydrogen) atoms. The van der Waals surface area contributed by atoms with E-state index >= 15 is 0 Å². The normalized spacial score (nSPS) is 21.6. The average molecular weight is 359 g/mol. The van der Waals surface area contributed by atoms with E-state index in [9.17, 15) is 13.5 Å². The Bertz CT molecular complexity index is 777. The highest BCUT2D eigenvalue weighted by molar-refractivity contribution is 7.92. The summed E-state index contributed by atoms with van der Waals surface area (Å²) in [6, 6.07) is 17.4. The molecule has 1 heterocycles. The van der Waals surface area contributed by atoms with Gasteiger partial charge in [0.15, 0.2) is 9.84 Å². The molecule has 4 nitrogen and oxygen atoms in total. The topological polar surface area (TPSA) is 57.6 Å². The van der Waals surface area contributed by atoms with Crippen LogP contribution < -0.4 is 0 Å². The Kier molecular flexibility index (Phi) is 5.57. The summed E-state index contributed by atoms with van der Waals surface area (Å²) >= 11 is 0. The third-order valence-corrected chi connectivity index (χ3v) is 7.31. The standard InChI is InChI=1S/C20H25NO3S/c1-21-15-9-8-14-18(21)20(19(22)16-10-4-2-5-11-16)25(23,24)17-12-6-3-7-13-17/h2-7,10-13,18-20,22H,8-9,14-15H2,1H3/t18?,19-,20-/m0/s1. The summed E-state index contributed by atoms with van der Waals surface area (Å²) in [5.74, 6) is 0. The molecule has 1 saturated heterocycles. The third-order valence-electron chi connectivity index (χ3n) is 5.09. The smallest absolute Gasteiger partial charge is 0.185 e. The van der Waals surface area contributed by atoms with Crippen LogP contribution in [0, 0.1) is 0 Å². The van der Waals surface area contributed by atoms with E-state index in [1.54, 1.807) is 42.5 Å². The van der Waals surface area contributed by atoms with Crippen molar-refractivity contribution in [3.8, 4) is 0 Å². The number of likely N-dealkylation sites (tertiary alicyclic amines) is 1. The van der Waals surface area contributed by atoms with Crippen LogP contribution in [0.4, 0.5) is 0 Å². The maximum atomic E-state index is 13.4. The molecule has 1 fully saturated rings. The van der Waals surface area contributed by atoms with E-state index < -0.39 is 21.2 Å². The zero-order chi connectivity index (χ0) is 17.9. The second-order valence-electron chi connectivity index (χ2n) is 6.72. The highest BCUT2D eigenvalue weighted by Crippen LogP contribution is 2.34. The van der Waals surface area contributed by atoms with Crippen LogP contribution in [0.1, 0.15) is 30.9 Å². The first-order valence-corrected chi connectivity index (χ1v) is 10.3. The lowest BCUT2D eigenvalue weighted by Crippen LogP contribution is -2.50. The van der Waals surface area contributed by atoms with Crippen molar-refractivity contribution in [3.63, 3.8) is 0 Å². The number of hydrogen-bond acceptors (Lipinski definition) is 4. The van der Waals surface area contributed by atoms with E-state index in [2.05, 4.69) is 4.90 Å². The molecule has 0 aromatic heterocycles. The fourth-order valence-corrected chi connectivity index (χ4v) is 5.81. The van der Waals surface area contributed by atoms with E-state index in [4.69, 9.17) is 0 Å². The van der Waals surface area contributed by atoms with E-state index in [-0.39, 0.29) is 10.9 Å². The molecule has 134 valence electrons. The first kappa shape index (κ1) is 18.1. The van der Waals surface area contributed by atoms with Gasteiger partial charge in [-0.15, -0.1) is 0 Å². The molecule has 3 rings (SSSR count). The van der Waals surface area contributed by atoms with E-state index in [0.29, 0.717) is 5.56 Å². The van der Waals surface area contributed by atoms with Gasteiger partial charge in [0.25, 0.3) is 0 Å².